The summed E-state index contributed by atoms with van der Waals surface area (Å²) < 4.78 is 19.2. The Hall–Kier alpha value is -0.0700. The maximum Gasteiger partial charge on any atom is 0.303 e. The van der Waals surface area contributed by atoms with Crippen LogP contribution in [0.4, 0.5) is 0 Å². The first-order chi connectivity index (χ1) is 19.6. The molecule has 240 valence electrons. The number of aliphatic carboxylic acids is 1. The van der Waals surface area contributed by atoms with E-state index in [4.69, 9.17) is 9.66 Å². The van der Waals surface area contributed by atoms with Crippen molar-refractivity contribution in [2.75, 3.05) is 5.75 Å². The molecule has 0 aliphatic rings. The second-order valence-electron chi connectivity index (χ2n) is 12.1. The number of hydrogen-bond acceptors (Lipinski definition) is 3. The van der Waals surface area contributed by atoms with E-state index in [1.54, 1.807) is 0 Å². The van der Waals surface area contributed by atoms with Crippen molar-refractivity contribution in [1.82, 2.24) is 0 Å². The standard InChI is InChI=1S/C34H68O4S2/c35-34(36)32-30-28-26-24-22-20-18-16-14-12-10-8-6-4-2-1-3-5-7-9-11-13-15-17-19-21-23-25-27-29-31-33-39-40(37)38/h1-33H2,(H,35,36)(H,37,38). The third kappa shape index (κ3) is 37.9. The zero-order valence-corrected chi connectivity index (χ0v) is 28.0. The summed E-state index contributed by atoms with van der Waals surface area (Å²) in [4.78, 5) is 10.5. The van der Waals surface area contributed by atoms with E-state index in [9.17, 15) is 9.00 Å². The van der Waals surface area contributed by atoms with E-state index in [1.165, 1.54) is 180 Å². The molecule has 40 heavy (non-hydrogen) atoms. The van der Waals surface area contributed by atoms with Crippen molar-refractivity contribution in [3.8, 4) is 0 Å². The smallest absolute Gasteiger partial charge is 0.303 e. The maximum atomic E-state index is 10.5. The minimum atomic E-state index is -1.68. The molecule has 4 nitrogen and oxygen atoms in total. The monoisotopic (exact) mass is 604 g/mol. The predicted molar refractivity (Wildman–Crippen MR) is 179 cm³/mol. The van der Waals surface area contributed by atoms with Crippen molar-refractivity contribution in [1.29, 1.82) is 0 Å². The quantitative estimate of drug-likeness (QED) is 0.0427. The second-order valence-corrected chi connectivity index (χ2v) is 14.8. The van der Waals surface area contributed by atoms with Crippen LogP contribution in [0.25, 0.3) is 0 Å². The molecule has 0 amide bonds. The summed E-state index contributed by atoms with van der Waals surface area (Å²) in [5.74, 6) is 0.160. The molecule has 6 heteroatoms. The second kappa shape index (κ2) is 35.1. The van der Waals surface area contributed by atoms with Crippen molar-refractivity contribution in [2.45, 2.75) is 205 Å². The molecule has 0 aromatic rings. The van der Waals surface area contributed by atoms with Gasteiger partial charge in [0.15, 0.2) is 0 Å². The van der Waals surface area contributed by atoms with Gasteiger partial charge in [-0.25, -0.2) is 4.21 Å². The Kier molecular flexibility index (Phi) is 35.1. The maximum absolute atomic E-state index is 10.5. The molecule has 1 atom stereocenters. The Labute approximate surface area is 256 Å². The topological polar surface area (TPSA) is 74.6 Å². The van der Waals surface area contributed by atoms with Crippen molar-refractivity contribution < 1.29 is 18.7 Å². The van der Waals surface area contributed by atoms with Gasteiger partial charge in [0.05, 0.1) is 0 Å². The lowest BCUT2D eigenvalue weighted by Crippen LogP contribution is -1.93. The average molecular weight is 605 g/mol. The molecule has 0 spiro atoms. The van der Waals surface area contributed by atoms with Crippen molar-refractivity contribution in [3.05, 3.63) is 0 Å². The fraction of sp³-hybridized carbons (Fsp3) is 0.971. The Morgan fingerprint density at radius 1 is 0.400 bits per heavy atom. The highest BCUT2D eigenvalue weighted by molar-refractivity contribution is 8.67. The lowest BCUT2D eigenvalue weighted by molar-refractivity contribution is -0.137. The molecule has 0 aliphatic carbocycles. The minimum Gasteiger partial charge on any atom is -0.481 e. The largest absolute Gasteiger partial charge is 0.481 e. The summed E-state index contributed by atoms with van der Waals surface area (Å²) in [6, 6.07) is 0. The molecule has 0 heterocycles. The molecule has 0 aromatic carbocycles. The summed E-state index contributed by atoms with van der Waals surface area (Å²) in [7, 11) is -0.532. The first-order valence-corrected chi connectivity index (χ1v) is 20.2. The summed E-state index contributed by atoms with van der Waals surface area (Å²) in [6.45, 7) is 0. The van der Waals surface area contributed by atoms with Crippen LogP contribution in [0.1, 0.15) is 205 Å². The molecule has 0 fully saturated rings. The van der Waals surface area contributed by atoms with E-state index >= 15 is 0 Å². The lowest BCUT2D eigenvalue weighted by Gasteiger charge is -2.05. The number of rotatable bonds is 35. The summed E-state index contributed by atoms with van der Waals surface area (Å²) in [6.07, 6.45) is 42.2. The normalized spacial score (nSPS) is 12.2. The van der Waals surface area contributed by atoms with Crippen LogP contribution in [0, 0.1) is 0 Å². The van der Waals surface area contributed by atoms with Crippen LogP contribution in [0.3, 0.4) is 0 Å². The van der Waals surface area contributed by atoms with Gasteiger partial charge < -0.3 is 5.11 Å². The van der Waals surface area contributed by atoms with Crippen LogP contribution < -0.4 is 0 Å². The van der Waals surface area contributed by atoms with Gasteiger partial charge >= 0.3 is 5.97 Å². The zero-order chi connectivity index (χ0) is 29.2. The molecule has 1 unspecified atom stereocenters. The van der Waals surface area contributed by atoms with E-state index in [1.807, 2.05) is 0 Å². The van der Waals surface area contributed by atoms with E-state index in [-0.39, 0.29) is 0 Å². The van der Waals surface area contributed by atoms with Crippen LogP contribution in [-0.4, -0.2) is 25.6 Å². The zero-order valence-electron chi connectivity index (χ0n) is 26.4. The number of carboxylic acid groups (broad SMARTS) is 1. The molecular formula is C34H68O4S2. The summed E-state index contributed by atoms with van der Waals surface area (Å²) >= 11 is 0. The first kappa shape index (κ1) is 39.9. The number of carbonyl (C=O) groups is 1. The molecular weight excluding hydrogens is 537 g/mol. The van der Waals surface area contributed by atoms with Crippen molar-refractivity contribution in [3.63, 3.8) is 0 Å². The highest BCUT2D eigenvalue weighted by Crippen LogP contribution is 2.17. The molecule has 0 aromatic heterocycles. The van der Waals surface area contributed by atoms with Gasteiger partial charge in [0.2, 0.25) is 10.1 Å². The van der Waals surface area contributed by atoms with Gasteiger partial charge in [0.1, 0.15) is 0 Å². The van der Waals surface area contributed by atoms with Crippen LogP contribution in [0.5, 0.6) is 0 Å². The molecule has 2 N–H and O–H groups in total. The number of hydrogen-bond donors (Lipinski definition) is 2. The van der Waals surface area contributed by atoms with Gasteiger partial charge in [0, 0.05) is 12.2 Å². The Bertz CT molecular complexity index is 484. The first-order valence-electron chi connectivity index (χ1n) is 17.6. The van der Waals surface area contributed by atoms with Crippen molar-refractivity contribution in [2.24, 2.45) is 0 Å². The molecule has 0 saturated heterocycles. The minimum absolute atomic E-state index is 0.339. The molecule has 0 radical (unpaired) electrons. The average Bonchev–Trinajstić information content (AvgIpc) is 2.93. The molecule has 0 aliphatic heterocycles. The van der Waals surface area contributed by atoms with Crippen LogP contribution in [0.2, 0.25) is 0 Å². The molecule has 0 bridgehead atoms. The highest BCUT2D eigenvalue weighted by Gasteiger charge is 1.99. The molecule has 0 rings (SSSR count). The third-order valence-corrected chi connectivity index (χ3v) is 9.98. The van der Waals surface area contributed by atoms with Gasteiger partial charge in [-0.3, -0.25) is 9.35 Å². The van der Waals surface area contributed by atoms with Crippen LogP contribution in [-0.2, 0) is 14.9 Å². The Morgan fingerprint density at radius 2 is 0.600 bits per heavy atom. The van der Waals surface area contributed by atoms with Crippen LogP contribution in [0.15, 0.2) is 0 Å². The summed E-state index contributed by atoms with van der Waals surface area (Å²) in [5, 5.41) is 8.63. The number of carboxylic acids is 1. The fourth-order valence-electron chi connectivity index (χ4n) is 5.64. The fourth-order valence-corrected chi connectivity index (χ4v) is 6.88. The highest BCUT2D eigenvalue weighted by atomic mass is 33.1. The Balaban J connectivity index is 3.04. The van der Waals surface area contributed by atoms with Crippen molar-refractivity contribution >= 4 is 26.9 Å². The number of unbranched alkanes of at least 4 members (excludes halogenated alkanes) is 30. The van der Waals surface area contributed by atoms with E-state index in [0.717, 1.165) is 35.8 Å². The van der Waals surface area contributed by atoms with Gasteiger partial charge in [-0.15, -0.1) is 0 Å². The predicted octanol–water partition coefficient (Wildman–Crippen LogP) is 12.4. The van der Waals surface area contributed by atoms with Gasteiger partial charge in [-0.1, -0.05) is 186 Å². The molecule has 0 saturated carbocycles. The van der Waals surface area contributed by atoms with Crippen LogP contribution >= 0.6 is 10.8 Å². The SMILES string of the molecule is O=C(O)CCCCCCCCCCCCCCCCCCCCCCCCCCCCCCCCCSS(=O)O. The van der Waals surface area contributed by atoms with E-state index in [0.29, 0.717) is 6.42 Å². The van der Waals surface area contributed by atoms with Gasteiger partial charge in [-0.05, 0) is 23.6 Å². The van der Waals surface area contributed by atoms with Gasteiger partial charge in [0.25, 0.3) is 0 Å². The Morgan fingerprint density at radius 3 is 0.800 bits per heavy atom. The van der Waals surface area contributed by atoms with Gasteiger partial charge in [-0.2, -0.15) is 0 Å². The summed E-state index contributed by atoms with van der Waals surface area (Å²) in [5.41, 5.74) is 0. The lowest BCUT2D eigenvalue weighted by atomic mass is 10.0. The van der Waals surface area contributed by atoms with E-state index < -0.39 is 16.1 Å². The van der Waals surface area contributed by atoms with E-state index in [2.05, 4.69) is 0 Å². The third-order valence-electron chi connectivity index (χ3n) is 8.22.